The molecule has 0 saturated heterocycles. The van der Waals surface area contributed by atoms with Crippen LogP contribution in [0.5, 0.6) is 5.75 Å². The van der Waals surface area contributed by atoms with Gasteiger partial charge in [0.25, 0.3) is 0 Å². The van der Waals surface area contributed by atoms with Crippen LogP contribution in [-0.2, 0) is 13.2 Å². The zero-order valence-corrected chi connectivity index (χ0v) is 13.2. The van der Waals surface area contributed by atoms with Crippen LogP contribution in [0.3, 0.4) is 0 Å². The number of hydrogen-bond donors (Lipinski definition) is 1. The molecule has 1 N–H and O–H groups in total. The van der Waals surface area contributed by atoms with Gasteiger partial charge in [-0.25, -0.2) is 9.48 Å². The Balaban J connectivity index is 2.24. The van der Waals surface area contributed by atoms with Crippen LogP contribution in [0, 0.1) is 13.8 Å². The van der Waals surface area contributed by atoms with Crippen molar-refractivity contribution in [2.45, 2.75) is 46.8 Å². The summed E-state index contributed by atoms with van der Waals surface area (Å²) in [6.45, 7) is 6.79. The van der Waals surface area contributed by atoms with E-state index in [9.17, 15) is 9.90 Å². The number of hydrogen-bond acceptors (Lipinski definition) is 4. The van der Waals surface area contributed by atoms with Gasteiger partial charge in [-0.2, -0.15) is 0 Å². The molecule has 0 bridgehead atoms. The Kier molecular flexibility index (Phi) is 5.14. The Morgan fingerprint density at radius 2 is 2.00 bits per heavy atom. The van der Waals surface area contributed by atoms with E-state index in [1.807, 2.05) is 32.0 Å². The number of unbranched alkanes of at least 4 members (excludes halogenated alkanes) is 1. The standard InChI is InChI=1S/C16H21N3O3/c1-4-5-9-19-13(14(16(20)21)17-18-19)10-22-15-11(2)7-6-8-12(15)3/h6-8H,4-5,9-10H2,1-3H3,(H,20,21). The van der Waals surface area contributed by atoms with Crippen molar-refractivity contribution < 1.29 is 14.6 Å². The molecule has 118 valence electrons. The third-order valence-electron chi connectivity index (χ3n) is 3.53. The normalized spacial score (nSPS) is 10.7. The maximum Gasteiger partial charge on any atom is 0.358 e. The van der Waals surface area contributed by atoms with E-state index < -0.39 is 5.97 Å². The molecule has 0 atom stereocenters. The molecule has 0 saturated carbocycles. The van der Waals surface area contributed by atoms with Gasteiger partial charge < -0.3 is 9.84 Å². The largest absolute Gasteiger partial charge is 0.487 e. The summed E-state index contributed by atoms with van der Waals surface area (Å²) in [5.74, 6) is -0.301. The van der Waals surface area contributed by atoms with Gasteiger partial charge in [-0.15, -0.1) is 5.10 Å². The van der Waals surface area contributed by atoms with Crippen molar-refractivity contribution in [1.82, 2.24) is 15.0 Å². The van der Waals surface area contributed by atoms with Gasteiger partial charge in [0.1, 0.15) is 18.1 Å². The number of aryl methyl sites for hydroxylation is 3. The SMILES string of the molecule is CCCCn1nnc(C(=O)O)c1COc1c(C)cccc1C. The van der Waals surface area contributed by atoms with Gasteiger partial charge in [0, 0.05) is 6.54 Å². The maximum atomic E-state index is 11.3. The molecular weight excluding hydrogens is 282 g/mol. The Bertz CT molecular complexity index is 644. The van der Waals surface area contributed by atoms with Crippen molar-refractivity contribution in [2.75, 3.05) is 0 Å². The van der Waals surface area contributed by atoms with Crippen LogP contribution in [0.25, 0.3) is 0 Å². The lowest BCUT2D eigenvalue weighted by molar-refractivity contribution is 0.0687. The number of aromatic nitrogens is 3. The topological polar surface area (TPSA) is 77.2 Å². The van der Waals surface area contributed by atoms with E-state index in [0.29, 0.717) is 12.2 Å². The molecule has 0 aliphatic heterocycles. The van der Waals surface area contributed by atoms with Crippen molar-refractivity contribution in [3.8, 4) is 5.75 Å². The molecule has 0 aliphatic rings. The van der Waals surface area contributed by atoms with Gasteiger partial charge in [-0.3, -0.25) is 0 Å². The van der Waals surface area contributed by atoms with Crippen LogP contribution in [-0.4, -0.2) is 26.1 Å². The Morgan fingerprint density at radius 1 is 1.32 bits per heavy atom. The Labute approximate surface area is 129 Å². The molecule has 0 spiro atoms. The second kappa shape index (κ2) is 7.06. The van der Waals surface area contributed by atoms with Crippen LogP contribution in [0.15, 0.2) is 18.2 Å². The third kappa shape index (κ3) is 3.44. The lowest BCUT2D eigenvalue weighted by Crippen LogP contribution is -2.12. The quantitative estimate of drug-likeness (QED) is 0.851. The predicted octanol–water partition coefficient (Wildman–Crippen LogP) is 2.97. The number of rotatable bonds is 7. The Hall–Kier alpha value is -2.37. The highest BCUT2D eigenvalue weighted by molar-refractivity contribution is 5.86. The van der Waals surface area contributed by atoms with Crippen LogP contribution < -0.4 is 4.74 Å². The first-order valence-corrected chi connectivity index (χ1v) is 7.39. The summed E-state index contributed by atoms with van der Waals surface area (Å²) >= 11 is 0. The molecule has 6 heteroatoms. The lowest BCUT2D eigenvalue weighted by Gasteiger charge is -2.13. The minimum atomic E-state index is -1.08. The monoisotopic (exact) mass is 303 g/mol. The fourth-order valence-corrected chi connectivity index (χ4v) is 2.30. The molecular formula is C16H21N3O3. The van der Waals surface area contributed by atoms with Crippen molar-refractivity contribution >= 4 is 5.97 Å². The van der Waals surface area contributed by atoms with Crippen molar-refractivity contribution in [3.63, 3.8) is 0 Å². The smallest absolute Gasteiger partial charge is 0.358 e. The van der Waals surface area contributed by atoms with Crippen LogP contribution >= 0.6 is 0 Å². The summed E-state index contributed by atoms with van der Waals surface area (Å²) in [4.78, 5) is 11.3. The molecule has 2 aromatic rings. The first-order valence-electron chi connectivity index (χ1n) is 7.39. The van der Waals surface area contributed by atoms with Crippen LogP contribution in [0.2, 0.25) is 0 Å². The number of aromatic carboxylic acids is 1. The molecule has 0 fully saturated rings. The molecule has 22 heavy (non-hydrogen) atoms. The lowest BCUT2D eigenvalue weighted by atomic mass is 10.1. The molecule has 2 rings (SSSR count). The Morgan fingerprint density at radius 3 is 2.59 bits per heavy atom. The summed E-state index contributed by atoms with van der Waals surface area (Å²) in [7, 11) is 0. The van der Waals surface area contributed by atoms with Gasteiger partial charge in [0.2, 0.25) is 0 Å². The van der Waals surface area contributed by atoms with E-state index in [4.69, 9.17) is 4.74 Å². The molecule has 0 amide bonds. The second-order valence-corrected chi connectivity index (χ2v) is 5.28. The molecule has 1 aromatic heterocycles. The first kappa shape index (κ1) is 16.0. The van der Waals surface area contributed by atoms with E-state index in [1.165, 1.54) is 0 Å². The fourth-order valence-electron chi connectivity index (χ4n) is 2.30. The highest BCUT2D eigenvalue weighted by Gasteiger charge is 2.19. The van der Waals surface area contributed by atoms with Crippen molar-refractivity contribution in [2.24, 2.45) is 0 Å². The number of carbonyl (C=O) groups is 1. The molecule has 6 nitrogen and oxygen atoms in total. The molecule has 1 aromatic carbocycles. The minimum Gasteiger partial charge on any atom is -0.487 e. The van der Waals surface area contributed by atoms with Gasteiger partial charge in [-0.1, -0.05) is 36.8 Å². The highest BCUT2D eigenvalue weighted by Crippen LogP contribution is 2.23. The molecule has 1 heterocycles. The molecule has 0 aliphatic carbocycles. The van der Waals surface area contributed by atoms with Gasteiger partial charge in [-0.05, 0) is 31.4 Å². The fraction of sp³-hybridized carbons (Fsp3) is 0.438. The van der Waals surface area contributed by atoms with E-state index >= 15 is 0 Å². The predicted molar refractivity (Wildman–Crippen MR) is 82.1 cm³/mol. The van der Waals surface area contributed by atoms with Gasteiger partial charge in [0.05, 0.1) is 0 Å². The number of carboxylic acids is 1. The minimum absolute atomic E-state index is 0.0395. The van der Waals surface area contributed by atoms with Crippen molar-refractivity contribution in [1.29, 1.82) is 0 Å². The zero-order chi connectivity index (χ0) is 16.1. The van der Waals surface area contributed by atoms with E-state index in [1.54, 1.807) is 4.68 Å². The molecule has 0 unspecified atom stereocenters. The average Bonchev–Trinajstić information content (AvgIpc) is 2.87. The number of nitrogens with zero attached hydrogens (tertiary/aromatic N) is 3. The average molecular weight is 303 g/mol. The molecule has 0 radical (unpaired) electrons. The van der Waals surface area contributed by atoms with Crippen LogP contribution in [0.1, 0.15) is 47.1 Å². The highest BCUT2D eigenvalue weighted by atomic mass is 16.5. The number of carboxylic acid groups (broad SMARTS) is 1. The summed E-state index contributed by atoms with van der Waals surface area (Å²) < 4.78 is 7.48. The van der Waals surface area contributed by atoms with Crippen molar-refractivity contribution in [3.05, 3.63) is 40.7 Å². The zero-order valence-electron chi connectivity index (χ0n) is 13.2. The maximum absolute atomic E-state index is 11.3. The van der Waals surface area contributed by atoms with Gasteiger partial charge >= 0.3 is 5.97 Å². The van der Waals surface area contributed by atoms with Gasteiger partial charge in [0.15, 0.2) is 5.69 Å². The summed E-state index contributed by atoms with van der Waals surface area (Å²) in [5, 5.41) is 16.9. The first-order chi connectivity index (χ1) is 10.5. The summed E-state index contributed by atoms with van der Waals surface area (Å²) in [6.07, 6.45) is 1.91. The van der Waals surface area contributed by atoms with E-state index in [0.717, 1.165) is 29.7 Å². The summed E-state index contributed by atoms with van der Waals surface area (Å²) in [6, 6.07) is 5.90. The van der Waals surface area contributed by atoms with E-state index in [-0.39, 0.29) is 12.3 Å². The number of para-hydroxylation sites is 1. The third-order valence-corrected chi connectivity index (χ3v) is 3.53. The van der Waals surface area contributed by atoms with Crippen LogP contribution in [0.4, 0.5) is 0 Å². The summed E-state index contributed by atoms with van der Waals surface area (Å²) in [5.41, 5.74) is 2.50. The number of ether oxygens (including phenoxy) is 1. The second-order valence-electron chi connectivity index (χ2n) is 5.28. The van der Waals surface area contributed by atoms with E-state index in [2.05, 4.69) is 17.2 Å². The number of benzene rings is 1.